The summed E-state index contributed by atoms with van der Waals surface area (Å²) in [4.78, 5) is 4.69. The fraction of sp³-hybridized carbons (Fsp3) is 1.00. The molecule has 0 amide bonds. The number of ether oxygens (including phenoxy) is 1. The van der Waals surface area contributed by atoms with Crippen molar-refractivity contribution in [3.8, 4) is 0 Å². The summed E-state index contributed by atoms with van der Waals surface area (Å²) in [5.41, 5.74) is 0.0858. The molecular weight excluding hydrogens is 176 g/mol. The van der Waals surface area contributed by atoms with Gasteiger partial charge in [0.1, 0.15) is 5.72 Å². The lowest BCUT2D eigenvalue weighted by Gasteiger charge is -2.30. The van der Waals surface area contributed by atoms with Crippen LogP contribution in [0.4, 0.5) is 0 Å². The summed E-state index contributed by atoms with van der Waals surface area (Å²) in [6.07, 6.45) is 1.12. The molecule has 0 N–H and O–H groups in total. The molecule has 1 aliphatic carbocycles. The molecule has 1 heterocycles. The van der Waals surface area contributed by atoms with Gasteiger partial charge in [-0.2, -0.15) is 0 Å². The molecular formula is C11H22N2O. The molecule has 14 heavy (non-hydrogen) atoms. The standard InChI is InChI=1S/C11H22N2O/c1-5-6-14-11(12(2)3)9-7-13(4)8-10(9)11/h9-10H,5-8H2,1-4H3. The highest BCUT2D eigenvalue weighted by molar-refractivity contribution is 5.16. The lowest BCUT2D eigenvalue weighted by atomic mass is 10.3. The van der Waals surface area contributed by atoms with E-state index in [4.69, 9.17) is 4.74 Å². The van der Waals surface area contributed by atoms with Gasteiger partial charge >= 0.3 is 0 Å². The van der Waals surface area contributed by atoms with Gasteiger partial charge in [0.05, 0.1) is 0 Å². The van der Waals surface area contributed by atoms with Crippen molar-refractivity contribution in [2.75, 3.05) is 40.8 Å². The molecule has 82 valence electrons. The first-order chi connectivity index (χ1) is 6.63. The molecule has 2 fully saturated rings. The predicted octanol–water partition coefficient (Wildman–Crippen LogP) is 0.862. The Bertz CT molecular complexity index is 205. The zero-order valence-electron chi connectivity index (χ0n) is 9.79. The number of likely N-dealkylation sites (tertiary alicyclic amines) is 1. The van der Waals surface area contributed by atoms with Crippen LogP contribution in [0, 0.1) is 11.8 Å². The van der Waals surface area contributed by atoms with Crippen LogP contribution in [-0.4, -0.2) is 56.4 Å². The van der Waals surface area contributed by atoms with Crippen LogP contribution >= 0.6 is 0 Å². The van der Waals surface area contributed by atoms with Crippen LogP contribution in [0.2, 0.25) is 0 Å². The molecule has 0 spiro atoms. The molecule has 0 aromatic rings. The molecule has 0 aromatic carbocycles. The number of piperidine rings is 1. The van der Waals surface area contributed by atoms with Gasteiger partial charge in [-0.05, 0) is 27.6 Å². The van der Waals surface area contributed by atoms with Gasteiger partial charge in [-0.25, -0.2) is 0 Å². The minimum Gasteiger partial charge on any atom is -0.360 e. The molecule has 1 saturated heterocycles. The molecule has 2 unspecified atom stereocenters. The van der Waals surface area contributed by atoms with Crippen LogP contribution in [0.15, 0.2) is 0 Å². The number of rotatable bonds is 4. The van der Waals surface area contributed by atoms with Crippen molar-refractivity contribution in [2.45, 2.75) is 19.1 Å². The maximum absolute atomic E-state index is 6.07. The van der Waals surface area contributed by atoms with E-state index in [1.54, 1.807) is 0 Å². The first-order valence-electron chi connectivity index (χ1n) is 5.62. The van der Waals surface area contributed by atoms with E-state index in [1.807, 2.05) is 0 Å². The molecule has 0 radical (unpaired) electrons. The third-order valence-electron chi connectivity index (χ3n) is 3.69. The number of hydrogen-bond acceptors (Lipinski definition) is 3. The van der Waals surface area contributed by atoms with Crippen molar-refractivity contribution in [3.63, 3.8) is 0 Å². The molecule has 3 nitrogen and oxygen atoms in total. The van der Waals surface area contributed by atoms with Gasteiger partial charge in [-0.15, -0.1) is 0 Å². The smallest absolute Gasteiger partial charge is 0.130 e. The topological polar surface area (TPSA) is 15.7 Å². The Morgan fingerprint density at radius 2 is 1.93 bits per heavy atom. The van der Waals surface area contributed by atoms with E-state index in [2.05, 4.69) is 37.9 Å². The Kier molecular flexibility index (Phi) is 2.58. The average Bonchev–Trinajstić information content (AvgIpc) is 2.53. The summed E-state index contributed by atoms with van der Waals surface area (Å²) in [5.74, 6) is 1.49. The van der Waals surface area contributed by atoms with Gasteiger partial charge < -0.3 is 9.64 Å². The first-order valence-corrected chi connectivity index (χ1v) is 5.62. The quantitative estimate of drug-likeness (QED) is 0.623. The van der Waals surface area contributed by atoms with E-state index in [0.29, 0.717) is 0 Å². The van der Waals surface area contributed by atoms with Crippen molar-refractivity contribution < 1.29 is 4.74 Å². The highest BCUT2D eigenvalue weighted by Crippen LogP contribution is 2.58. The second-order valence-corrected chi connectivity index (χ2v) is 4.93. The van der Waals surface area contributed by atoms with Crippen molar-refractivity contribution in [2.24, 2.45) is 11.8 Å². The SMILES string of the molecule is CCCOC1(N(C)C)C2CN(C)CC21. The molecule has 0 bridgehead atoms. The largest absolute Gasteiger partial charge is 0.360 e. The van der Waals surface area contributed by atoms with E-state index in [9.17, 15) is 0 Å². The minimum absolute atomic E-state index is 0.0858. The summed E-state index contributed by atoms with van der Waals surface area (Å²) < 4.78 is 6.07. The molecule has 2 aliphatic rings. The average molecular weight is 198 g/mol. The molecule has 1 saturated carbocycles. The summed E-state index contributed by atoms with van der Waals surface area (Å²) in [5, 5.41) is 0. The summed E-state index contributed by atoms with van der Waals surface area (Å²) >= 11 is 0. The Morgan fingerprint density at radius 1 is 1.36 bits per heavy atom. The Balaban J connectivity index is 1.99. The molecule has 2 rings (SSSR count). The van der Waals surface area contributed by atoms with Crippen molar-refractivity contribution in [1.82, 2.24) is 9.80 Å². The van der Waals surface area contributed by atoms with Gasteiger partial charge in [0, 0.05) is 31.5 Å². The fourth-order valence-electron chi connectivity index (χ4n) is 3.03. The van der Waals surface area contributed by atoms with E-state index < -0.39 is 0 Å². The molecule has 2 atom stereocenters. The van der Waals surface area contributed by atoms with Gasteiger partial charge in [0.2, 0.25) is 0 Å². The van der Waals surface area contributed by atoms with E-state index >= 15 is 0 Å². The van der Waals surface area contributed by atoms with Crippen LogP contribution in [0.3, 0.4) is 0 Å². The van der Waals surface area contributed by atoms with Crippen LogP contribution in [-0.2, 0) is 4.74 Å². The van der Waals surface area contributed by atoms with E-state index in [-0.39, 0.29) is 5.72 Å². The van der Waals surface area contributed by atoms with Crippen molar-refractivity contribution in [3.05, 3.63) is 0 Å². The summed E-state index contributed by atoms with van der Waals surface area (Å²) in [7, 11) is 6.49. The highest BCUT2D eigenvalue weighted by atomic mass is 16.5. The second-order valence-electron chi connectivity index (χ2n) is 4.93. The zero-order valence-corrected chi connectivity index (χ0v) is 9.79. The lowest BCUT2D eigenvalue weighted by molar-refractivity contribution is -0.0910. The monoisotopic (exact) mass is 198 g/mol. The molecule has 1 aliphatic heterocycles. The van der Waals surface area contributed by atoms with Gasteiger partial charge in [-0.1, -0.05) is 6.92 Å². The van der Waals surface area contributed by atoms with Crippen LogP contribution in [0.5, 0.6) is 0 Å². The predicted molar refractivity (Wildman–Crippen MR) is 57.1 cm³/mol. The van der Waals surface area contributed by atoms with Crippen LogP contribution in [0.25, 0.3) is 0 Å². The third kappa shape index (κ3) is 1.30. The van der Waals surface area contributed by atoms with Gasteiger partial charge in [0.25, 0.3) is 0 Å². The number of nitrogens with zero attached hydrogens (tertiary/aromatic N) is 2. The van der Waals surface area contributed by atoms with Crippen molar-refractivity contribution in [1.29, 1.82) is 0 Å². The Hall–Kier alpha value is -0.120. The maximum atomic E-state index is 6.07. The van der Waals surface area contributed by atoms with E-state index in [0.717, 1.165) is 24.9 Å². The number of fused-ring (bicyclic) bond motifs is 1. The summed E-state index contributed by atoms with van der Waals surface area (Å²) in [6.45, 7) is 5.47. The maximum Gasteiger partial charge on any atom is 0.130 e. The normalized spacial score (nSPS) is 41.8. The molecule has 3 heteroatoms. The third-order valence-corrected chi connectivity index (χ3v) is 3.69. The Morgan fingerprint density at radius 3 is 2.36 bits per heavy atom. The number of hydrogen-bond donors (Lipinski definition) is 0. The molecule has 0 aromatic heterocycles. The minimum atomic E-state index is 0.0858. The lowest BCUT2D eigenvalue weighted by Crippen LogP contribution is -2.42. The summed E-state index contributed by atoms with van der Waals surface area (Å²) in [6, 6.07) is 0. The Labute approximate surface area is 87.0 Å². The van der Waals surface area contributed by atoms with Crippen molar-refractivity contribution >= 4 is 0 Å². The first kappa shape index (κ1) is 10.4. The van der Waals surface area contributed by atoms with Crippen LogP contribution < -0.4 is 0 Å². The van der Waals surface area contributed by atoms with Gasteiger partial charge in [0.15, 0.2) is 0 Å². The van der Waals surface area contributed by atoms with Crippen LogP contribution in [0.1, 0.15) is 13.3 Å². The van der Waals surface area contributed by atoms with Gasteiger partial charge in [-0.3, -0.25) is 4.90 Å². The van der Waals surface area contributed by atoms with E-state index in [1.165, 1.54) is 13.1 Å². The fourth-order valence-corrected chi connectivity index (χ4v) is 3.03. The highest BCUT2D eigenvalue weighted by Gasteiger charge is 2.70. The zero-order chi connectivity index (χ0) is 10.3. The second kappa shape index (κ2) is 3.47.